The smallest absolute Gasteiger partial charge is 0.418 e. The topological polar surface area (TPSA) is 57.2 Å². The van der Waals surface area contributed by atoms with E-state index in [1.165, 1.54) is 4.57 Å². The molecule has 0 bridgehead atoms. The van der Waals surface area contributed by atoms with Gasteiger partial charge in [0.15, 0.2) is 0 Å². The third-order valence-electron chi connectivity index (χ3n) is 2.63. The number of benzene rings is 1. The fourth-order valence-electron chi connectivity index (χ4n) is 1.88. The highest BCUT2D eigenvalue weighted by molar-refractivity contribution is 5.91. The molecule has 2 aromatic rings. The van der Waals surface area contributed by atoms with Crippen LogP contribution in [0, 0.1) is 0 Å². The van der Waals surface area contributed by atoms with Crippen LogP contribution >= 0.6 is 0 Å². The van der Waals surface area contributed by atoms with Crippen LogP contribution < -0.4 is 5.73 Å². The Morgan fingerprint density at radius 2 is 2.06 bits per heavy atom. The quantitative estimate of drug-likeness (QED) is 0.841. The van der Waals surface area contributed by atoms with Crippen molar-refractivity contribution in [1.29, 1.82) is 0 Å². The molecule has 2 N–H and O–H groups in total. The first-order valence-corrected chi connectivity index (χ1v) is 5.95. The first-order chi connectivity index (χ1) is 8.42. The van der Waals surface area contributed by atoms with E-state index in [0.717, 1.165) is 16.5 Å². The summed E-state index contributed by atoms with van der Waals surface area (Å²) in [5.41, 5.74) is 7.03. The molecule has 0 fully saturated rings. The van der Waals surface area contributed by atoms with Crippen LogP contribution in [0.5, 0.6) is 0 Å². The van der Waals surface area contributed by atoms with Gasteiger partial charge in [0.05, 0.1) is 5.52 Å². The third-order valence-corrected chi connectivity index (χ3v) is 2.63. The van der Waals surface area contributed by atoms with E-state index in [4.69, 9.17) is 10.5 Å². The van der Waals surface area contributed by atoms with Crippen molar-refractivity contribution in [3.63, 3.8) is 0 Å². The first kappa shape index (κ1) is 12.6. The second kappa shape index (κ2) is 4.46. The molecule has 0 atom stereocenters. The van der Waals surface area contributed by atoms with Gasteiger partial charge in [0.1, 0.15) is 5.60 Å². The Labute approximate surface area is 106 Å². The summed E-state index contributed by atoms with van der Waals surface area (Å²) in [6.07, 6.45) is 1.35. The van der Waals surface area contributed by atoms with Crippen LogP contribution in [0.15, 0.2) is 30.5 Å². The SMILES string of the molecule is CC(C)(C)OC(=O)n1ccc2c(CN)cccc21. The van der Waals surface area contributed by atoms with E-state index in [2.05, 4.69) is 0 Å². The molecule has 4 nitrogen and oxygen atoms in total. The summed E-state index contributed by atoms with van der Waals surface area (Å²) in [7, 11) is 0. The number of rotatable bonds is 1. The van der Waals surface area contributed by atoms with E-state index in [-0.39, 0.29) is 6.09 Å². The summed E-state index contributed by atoms with van der Waals surface area (Å²) in [5.74, 6) is 0. The number of aromatic nitrogens is 1. The fourth-order valence-corrected chi connectivity index (χ4v) is 1.88. The lowest BCUT2D eigenvalue weighted by molar-refractivity contribution is 0.0544. The maximum Gasteiger partial charge on any atom is 0.418 e. The lowest BCUT2D eigenvalue weighted by atomic mass is 10.1. The van der Waals surface area contributed by atoms with Gasteiger partial charge in [-0.25, -0.2) is 4.79 Å². The Balaban J connectivity index is 2.44. The van der Waals surface area contributed by atoms with E-state index in [0.29, 0.717) is 6.54 Å². The number of nitrogens with zero attached hydrogens (tertiary/aromatic N) is 1. The van der Waals surface area contributed by atoms with Gasteiger partial charge in [0.25, 0.3) is 0 Å². The van der Waals surface area contributed by atoms with Gasteiger partial charge >= 0.3 is 6.09 Å². The highest BCUT2D eigenvalue weighted by Gasteiger charge is 2.19. The monoisotopic (exact) mass is 246 g/mol. The zero-order valence-corrected chi connectivity index (χ0v) is 10.9. The summed E-state index contributed by atoms with van der Waals surface area (Å²) in [6, 6.07) is 7.63. The Kier molecular flexibility index (Phi) is 3.13. The summed E-state index contributed by atoms with van der Waals surface area (Å²) in [6.45, 7) is 6.00. The van der Waals surface area contributed by atoms with Crippen LogP contribution in [0.3, 0.4) is 0 Å². The molecule has 1 aromatic carbocycles. The summed E-state index contributed by atoms with van der Waals surface area (Å²) in [5, 5.41) is 0.992. The van der Waals surface area contributed by atoms with Crippen molar-refractivity contribution in [1.82, 2.24) is 4.57 Å². The first-order valence-electron chi connectivity index (χ1n) is 5.95. The van der Waals surface area contributed by atoms with Crippen LogP contribution in [0.4, 0.5) is 4.79 Å². The van der Waals surface area contributed by atoms with Crippen LogP contribution in [-0.2, 0) is 11.3 Å². The molecule has 0 saturated carbocycles. The van der Waals surface area contributed by atoms with E-state index in [9.17, 15) is 4.79 Å². The summed E-state index contributed by atoms with van der Waals surface area (Å²) >= 11 is 0. The molecule has 2 rings (SSSR count). The minimum atomic E-state index is -0.501. The molecule has 0 amide bonds. The Morgan fingerprint density at radius 1 is 1.33 bits per heavy atom. The minimum Gasteiger partial charge on any atom is -0.443 e. The molecule has 0 unspecified atom stereocenters. The predicted octanol–water partition coefficient (Wildman–Crippen LogP) is 2.88. The summed E-state index contributed by atoms with van der Waals surface area (Å²) < 4.78 is 6.87. The normalized spacial score (nSPS) is 11.8. The molecule has 1 heterocycles. The van der Waals surface area contributed by atoms with Crippen molar-refractivity contribution in [3.05, 3.63) is 36.0 Å². The molecule has 18 heavy (non-hydrogen) atoms. The number of hydrogen-bond donors (Lipinski definition) is 1. The van der Waals surface area contributed by atoms with Gasteiger partial charge in [-0.2, -0.15) is 0 Å². The van der Waals surface area contributed by atoms with Crippen molar-refractivity contribution in [2.24, 2.45) is 5.73 Å². The molecule has 0 aliphatic carbocycles. The van der Waals surface area contributed by atoms with Gasteiger partial charge in [0, 0.05) is 18.1 Å². The van der Waals surface area contributed by atoms with Crippen LogP contribution in [-0.4, -0.2) is 16.3 Å². The van der Waals surface area contributed by atoms with Gasteiger partial charge < -0.3 is 10.5 Å². The molecule has 0 radical (unpaired) electrons. The van der Waals surface area contributed by atoms with E-state index < -0.39 is 5.60 Å². The number of nitrogens with two attached hydrogens (primary N) is 1. The van der Waals surface area contributed by atoms with Crippen molar-refractivity contribution < 1.29 is 9.53 Å². The highest BCUT2D eigenvalue weighted by Crippen LogP contribution is 2.21. The highest BCUT2D eigenvalue weighted by atomic mass is 16.6. The van der Waals surface area contributed by atoms with Crippen molar-refractivity contribution in [2.45, 2.75) is 32.9 Å². The van der Waals surface area contributed by atoms with E-state index >= 15 is 0 Å². The van der Waals surface area contributed by atoms with Crippen molar-refractivity contribution >= 4 is 17.0 Å². The molecule has 0 aliphatic rings. The minimum absolute atomic E-state index is 0.369. The van der Waals surface area contributed by atoms with Crippen LogP contribution in [0.2, 0.25) is 0 Å². The number of ether oxygens (including phenoxy) is 1. The average molecular weight is 246 g/mol. The lowest BCUT2D eigenvalue weighted by Crippen LogP contribution is -2.26. The zero-order chi connectivity index (χ0) is 13.3. The Morgan fingerprint density at radius 3 is 2.67 bits per heavy atom. The molecule has 0 spiro atoms. The Hall–Kier alpha value is -1.81. The average Bonchev–Trinajstić information content (AvgIpc) is 2.69. The maximum atomic E-state index is 12.0. The molecular formula is C14H18N2O2. The lowest BCUT2D eigenvalue weighted by Gasteiger charge is -2.19. The largest absolute Gasteiger partial charge is 0.443 e. The van der Waals surface area contributed by atoms with E-state index in [1.807, 2.05) is 45.0 Å². The number of hydrogen-bond acceptors (Lipinski definition) is 3. The molecule has 4 heteroatoms. The molecule has 96 valence electrons. The van der Waals surface area contributed by atoms with Crippen molar-refractivity contribution in [2.75, 3.05) is 0 Å². The molecule has 0 saturated heterocycles. The molecular weight excluding hydrogens is 228 g/mol. The predicted molar refractivity (Wildman–Crippen MR) is 71.5 cm³/mol. The van der Waals surface area contributed by atoms with Gasteiger partial charge in [-0.1, -0.05) is 12.1 Å². The van der Waals surface area contributed by atoms with Gasteiger partial charge in [-0.15, -0.1) is 0 Å². The maximum absolute atomic E-state index is 12.0. The number of carbonyl (C=O) groups is 1. The van der Waals surface area contributed by atoms with E-state index in [1.54, 1.807) is 6.20 Å². The number of fused-ring (bicyclic) bond motifs is 1. The molecule has 0 aliphatic heterocycles. The number of carbonyl (C=O) groups excluding carboxylic acids is 1. The van der Waals surface area contributed by atoms with Crippen LogP contribution in [0.25, 0.3) is 10.9 Å². The Bertz CT molecular complexity index is 579. The fraction of sp³-hybridized carbons (Fsp3) is 0.357. The third kappa shape index (κ3) is 2.38. The van der Waals surface area contributed by atoms with Crippen molar-refractivity contribution in [3.8, 4) is 0 Å². The van der Waals surface area contributed by atoms with Gasteiger partial charge in [0.2, 0.25) is 0 Å². The molecule has 1 aromatic heterocycles. The zero-order valence-electron chi connectivity index (χ0n) is 10.9. The summed E-state index contributed by atoms with van der Waals surface area (Å²) in [4.78, 5) is 12.0. The standard InChI is InChI=1S/C14H18N2O2/c1-14(2,3)18-13(17)16-8-7-11-10(9-15)5-4-6-12(11)16/h4-8H,9,15H2,1-3H3. The van der Waals surface area contributed by atoms with Crippen LogP contribution in [0.1, 0.15) is 26.3 Å². The van der Waals surface area contributed by atoms with Gasteiger partial charge in [-0.3, -0.25) is 4.57 Å². The second-order valence-corrected chi connectivity index (χ2v) is 5.22. The second-order valence-electron chi connectivity index (χ2n) is 5.22. The van der Waals surface area contributed by atoms with Gasteiger partial charge in [-0.05, 0) is 38.5 Å².